The predicted molar refractivity (Wildman–Crippen MR) is 75.5 cm³/mol. The molecule has 1 aliphatic heterocycles. The average Bonchev–Trinajstić information content (AvgIpc) is 2.32. The number of hydrogen-bond acceptors (Lipinski definition) is 3. The highest BCUT2D eigenvalue weighted by molar-refractivity contribution is 5.78. The zero-order valence-corrected chi connectivity index (χ0v) is 11.9. The van der Waals surface area contributed by atoms with Crippen LogP contribution in [0.1, 0.15) is 18.9 Å². The van der Waals surface area contributed by atoms with Crippen molar-refractivity contribution in [2.75, 3.05) is 19.6 Å². The van der Waals surface area contributed by atoms with Crippen molar-refractivity contribution in [1.82, 2.24) is 10.2 Å². The number of ether oxygens (including phenoxy) is 1. The average molecular weight is 276 g/mol. The minimum Gasteiger partial charge on any atom is -0.487 e. The van der Waals surface area contributed by atoms with E-state index in [2.05, 4.69) is 5.32 Å². The van der Waals surface area contributed by atoms with Crippen molar-refractivity contribution >= 4 is 11.8 Å². The van der Waals surface area contributed by atoms with Gasteiger partial charge in [-0.2, -0.15) is 0 Å². The molecule has 2 amide bonds. The molecule has 0 bridgehead atoms. The Kier molecular flexibility index (Phi) is 4.61. The number of nitrogens with one attached hydrogen (secondary N) is 1. The van der Waals surface area contributed by atoms with E-state index in [0.717, 1.165) is 11.3 Å². The second kappa shape index (κ2) is 6.41. The van der Waals surface area contributed by atoms with Crippen LogP contribution in [0.2, 0.25) is 0 Å². The summed E-state index contributed by atoms with van der Waals surface area (Å²) in [4.78, 5) is 24.2. The van der Waals surface area contributed by atoms with Crippen molar-refractivity contribution in [2.24, 2.45) is 0 Å². The summed E-state index contributed by atoms with van der Waals surface area (Å²) in [6.45, 7) is 5.10. The molecule has 1 heterocycles. The maximum atomic E-state index is 11.8. The Balaban J connectivity index is 1.69. The molecule has 20 heavy (non-hydrogen) atoms. The summed E-state index contributed by atoms with van der Waals surface area (Å²) < 4.78 is 5.79. The topological polar surface area (TPSA) is 58.6 Å². The third-order valence-electron chi connectivity index (χ3n) is 3.21. The normalized spacial score (nSPS) is 14.6. The molecule has 2 rings (SSSR count). The van der Waals surface area contributed by atoms with Crippen LogP contribution in [0.25, 0.3) is 0 Å². The third-order valence-corrected chi connectivity index (χ3v) is 3.21. The Morgan fingerprint density at radius 3 is 2.80 bits per heavy atom. The maximum absolute atomic E-state index is 11.8. The van der Waals surface area contributed by atoms with Gasteiger partial charge in [0.25, 0.3) is 0 Å². The summed E-state index contributed by atoms with van der Waals surface area (Å²) in [6, 6.07) is 7.89. The van der Waals surface area contributed by atoms with E-state index in [1.54, 1.807) is 4.90 Å². The standard InChI is InChI=1S/C15H20N2O3/c1-11-4-3-5-13(8-11)20-14-9-17(10-14)15(19)6-7-16-12(2)18/h3-5,8,14H,6-7,9-10H2,1-2H3,(H,16,18). The van der Waals surface area contributed by atoms with Crippen molar-refractivity contribution in [3.8, 4) is 5.75 Å². The number of carbonyl (C=O) groups is 2. The van der Waals surface area contributed by atoms with Crippen LogP contribution >= 0.6 is 0 Å². The van der Waals surface area contributed by atoms with Gasteiger partial charge in [0.2, 0.25) is 11.8 Å². The van der Waals surface area contributed by atoms with Crippen molar-refractivity contribution < 1.29 is 14.3 Å². The fourth-order valence-electron chi connectivity index (χ4n) is 2.10. The third kappa shape index (κ3) is 3.98. The van der Waals surface area contributed by atoms with E-state index in [9.17, 15) is 9.59 Å². The van der Waals surface area contributed by atoms with Crippen LogP contribution in [0.4, 0.5) is 0 Å². The molecule has 0 spiro atoms. The van der Waals surface area contributed by atoms with Crippen molar-refractivity contribution in [1.29, 1.82) is 0 Å². The number of carbonyl (C=O) groups excluding carboxylic acids is 2. The molecule has 1 aliphatic rings. The van der Waals surface area contributed by atoms with E-state index in [0.29, 0.717) is 26.1 Å². The SMILES string of the molecule is CC(=O)NCCC(=O)N1CC(Oc2cccc(C)c2)C1. The largest absolute Gasteiger partial charge is 0.487 e. The summed E-state index contributed by atoms with van der Waals surface area (Å²) >= 11 is 0. The molecule has 1 saturated heterocycles. The van der Waals surface area contributed by atoms with Gasteiger partial charge >= 0.3 is 0 Å². The molecule has 0 aliphatic carbocycles. The number of rotatable bonds is 5. The molecular weight excluding hydrogens is 256 g/mol. The Hall–Kier alpha value is -2.04. The van der Waals surface area contributed by atoms with Crippen LogP contribution in [0.5, 0.6) is 5.75 Å². The van der Waals surface area contributed by atoms with Crippen LogP contribution in [0.3, 0.4) is 0 Å². The minimum atomic E-state index is -0.109. The molecule has 5 nitrogen and oxygen atoms in total. The van der Waals surface area contributed by atoms with Crippen LogP contribution in [-0.2, 0) is 9.59 Å². The van der Waals surface area contributed by atoms with Crippen molar-refractivity contribution in [2.45, 2.75) is 26.4 Å². The highest BCUT2D eigenvalue weighted by atomic mass is 16.5. The zero-order chi connectivity index (χ0) is 14.5. The Labute approximate surface area is 118 Å². The monoisotopic (exact) mass is 276 g/mol. The lowest BCUT2D eigenvalue weighted by Gasteiger charge is -2.39. The van der Waals surface area contributed by atoms with Gasteiger partial charge in [-0.25, -0.2) is 0 Å². The van der Waals surface area contributed by atoms with Crippen LogP contribution < -0.4 is 10.1 Å². The molecule has 0 saturated carbocycles. The molecular formula is C15H20N2O3. The highest BCUT2D eigenvalue weighted by Gasteiger charge is 2.31. The number of hydrogen-bond donors (Lipinski definition) is 1. The smallest absolute Gasteiger partial charge is 0.224 e. The Morgan fingerprint density at radius 2 is 2.15 bits per heavy atom. The summed E-state index contributed by atoms with van der Waals surface area (Å²) in [5.74, 6) is 0.797. The molecule has 0 radical (unpaired) electrons. The first-order valence-corrected chi connectivity index (χ1v) is 6.80. The second-order valence-corrected chi connectivity index (χ2v) is 5.09. The molecule has 1 N–H and O–H groups in total. The van der Waals surface area contributed by atoms with Gasteiger partial charge in [0.1, 0.15) is 11.9 Å². The highest BCUT2D eigenvalue weighted by Crippen LogP contribution is 2.19. The molecule has 0 atom stereocenters. The number of nitrogens with zero attached hydrogens (tertiary/aromatic N) is 1. The molecule has 1 aromatic carbocycles. The van der Waals surface area contributed by atoms with Gasteiger partial charge < -0.3 is 15.0 Å². The Bertz CT molecular complexity index is 496. The molecule has 0 aromatic heterocycles. The summed E-state index contributed by atoms with van der Waals surface area (Å²) in [6.07, 6.45) is 0.415. The van der Waals surface area contributed by atoms with E-state index < -0.39 is 0 Å². The fourth-order valence-corrected chi connectivity index (χ4v) is 2.10. The number of likely N-dealkylation sites (tertiary alicyclic amines) is 1. The number of benzene rings is 1. The van der Waals surface area contributed by atoms with Crippen LogP contribution in [0.15, 0.2) is 24.3 Å². The summed E-state index contributed by atoms with van der Waals surface area (Å²) in [5, 5.41) is 2.62. The van der Waals surface area contributed by atoms with Gasteiger partial charge in [-0.3, -0.25) is 9.59 Å². The zero-order valence-electron chi connectivity index (χ0n) is 11.9. The first-order chi connectivity index (χ1) is 9.54. The lowest BCUT2D eigenvalue weighted by Crippen LogP contribution is -2.56. The van der Waals surface area contributed by atoms with Gasteiger partial charge in [0.15, 0.2) is 0 Å². The van der Waals surface area contributed by atoms with Gasteiger partial charge in [0.05, 0.1) is 13.1 Å². The molecule has 1 fully saturated rings. The van der Waals surface area contributed by atoms with E-state index in [1.807, 2.05) is 31.2 Å². The lowest BCUT2D eigenvalue weighted by molar-refractivity contribution is -0.139. The maximum Gasteiger partial charge on any atom is 0.224 e. The molecule has 1 aromatic rings. The molecule has 108 valence electrons. The Morgan fingerprint density at radius 1 is 1.40 bits per heavy atom. The second-order valence-electron chi connectivity index (χ2n) is 5.09. The van der Waals surface area contributed by atoms with E-state index >= 15 is 0 Å². The van der Waals surface area contributed by atoms with Gasteiger partial charge in [-0.05, 0) is 24.6 Å². The quantitative estimate of drug-likeness (QED) is 0.876. The van der Waals surface area contributed by atoms with Gasteiger partial charge in [-0.1, -0.05) is 12.1 Å². The number of amides is 2. The summed E-state index contributed by atoms with van der Waals surface area (Å²) in [7, 11) is 0. The minimum absolute atomic E-state index is 0.0582. The molecule has 0 unspecified atom stereocenters. The van der Waals surface area contributed by atoms with Crippen molar-refractivity contribution in [3.63, 3.8) is 0 Å². The first-order valence-electron chi connectivity index (χ1n) is 6.80. The van der Waals surface area contributed by atoms with Gasteiger partial charge in [-0.15, -0.1) is 0 Å². The van der Waals surface area contributed by atoms with Crippen LogP contribution in [-0.4, -0.2) is 42.5 Å². The van der Waals surface area contributed by atoms with E-state index in [4.69, 9.17) is 4.74 Å². The van der Waals surface area contributed by atoms with Crippen molar-refractivity contribution in [3.05, 3.63) is 29.8 Å². The van der Waals surface area contributed by atoms with E-state index in [-0.39, 0.29) is 17.9 Å². The first kappa shape index (κ1) is 14.4. The molecule has 5 heteroatoms. The van der Waals surface area contributed by atoms with Gasteiger partial charge in [0, 0.05) is 19.9 Å². The number of aryl methyl sites for hydroxylation is 1. The summed E-state index contributed by atoms with van der Waals surface area (Å²) in [5.41, 5.74) is 1.16. The van der Waals surface area contributed by atoms with E-state index in [1.165, 1.54) is 6.92 Å². The fraction of sp³-hybridized carbons (Fsp3) is 0.467. The predicted octanol–water partition coefficient (Wildman–Crippen LogP) is 1.11. The lowest BCUT2D eigenvalue weighted by atomic mass is 10.1. The van der Waals surface area contributed by atoms with Crippen LogP contribution in [0, 0.1) is 6.92 Å².